The lowest BCUT2D eigenvalue weighted by atomic mass is 9.86. The molecule has 3 rings (SSSR count). The minimum absolute atomic E-state index is 0.0238. The van der Waals surface area contributed by atoms with Crippen molar-refractivity contribution in [2.45, 2.75) is 45.6 Å². The van der Waals surface area contributed by atoms with E-state index in [-0.39, 0.29) is 23.4 Å². The fourth-order valence-corrected chi connectivity index (χ4v) is 3.14. The molecule has 0 unspecified atom stereocenters. The normalized spacial score (nSPS) is 11.6. The number of aryl methyl sites for hydroxylation is 1. The molecule has 1 amide bonds. The summed E-state index contributed by atoms with van der Waals surface area (Å²) in [5.74, 6) is 0.518. The summed E-state index contributed by atoms with van der Waals surface area (Å²) in [4.78, 5) is 33.5. The average Bonchev–Trinajstić information content (AvgIpc) is 2.65. The zero-order chi connectivity index (χ0) is 20.3. The maximum Gasteiger partial charge on any atom is 0.258 e. The molecule has 0 saturated heterocycles. The van der Waals surface area contributed by atoms with Crippen LogP contribution in [-0.4, -0.2) is 27.8 Å². The molecule has 0 aliphatic carbocycles. The van der Waals surface area contributed by atoms with E-state index in [9.17, 15) is 9.59 Å². The van der Waals surface area contributed by atoms with Gasteiger partial charge < -0.3 is 9.88 Å². The quantitative estimate of drug-likeness (QED) is 0.735. The Kier molecular flexibility index (Phi) is 5.63. The van der Waals surface area contributed by atoms with Crippen molar-refractivity contribution in [1.29, 1.82) is 0 Å². The van der Waals surface area contributed by atoms with Gasteiger partial charge >= 0.3 is 0 Å². The molecule has 3 aromatic rings. The molecule has 0 aliphatic heterocycles. The molecule has 146 valence electrons. The summed E-state index contributed by atoms with van der Waals surface area (Å²) in [5, 5.41) is 0.555. The minimum Gasteiger partial charge on any atom is -0.338 e. The van der Waals surface area contributed by atoms with Crippen LogP contribution in [0.1, 0.15) is 44.1 Å². The highest BCUT2D eigenvalue weighted by atomic mass is 16.2. The van der Waals surface area contributed by atoms with Gasteiger partial charge in [0.15, 0.2) is 0 Å². The number of rotatable bonds is 5. The van der Waals surface area contributed by atoms with Crippen molar-refractivity contribution < 1.29 is 4.79 Å². The van der Waals surface area contributed by atoms with Crippen LogP contribution in [0.5, 0.6) is 0 Å². The van der Waals surface area contributed by atoms with Gasteiger partial charge in [0, 0.05) is 13.5 Å². The van der Waals surface area contributed by atoms with Crippen LogP contribution in [0, 0.1) is 0 Å². The lowest BCUT2D eigenvalue weighted by molar-refractivity contribution is -0.130. The molecule has 28 heavy (non-hydrogen) atoms. The Morgan fingerprint density at radius 3 is 2.43 bits per heavy atom. The van der Waals surface area contributed by atoms with E-state index in [1.807, 2.05) is 12.1 Å². The molecule has 1 N–H and O–H groups in total. The molecule has 5 heteroatoms. The number of aromatic nitrogens is 2. The van der Waals surface area contributed by atoms with Gasteiger partial charge in [-0.2, -0.15) is 0 Å². The second-order valence-electron chi connectivity index (χ2n) is 8.23. The van der Waals surface area contributed by atoms with Crippen LogP contribution in [0.4, 0.5) is 0 Å². The third-order valence-corrected chi connectivity index (χ3v) is 4.92. The van der Waals surface area contributed by atoms with E-state index >= 15 is 0 Å². The van der Waals surface area contributed by atoms with Gasteiger partial charge in [0.2, 0.25) is 5.91 Å². The molecule has 1 aromatic heterocycles. The minimum atomic E-state index is -0.180. The number of nitrogens with zero attached hydrogens (tertiary/aromatic N) is 2. The zero-order valence-electron chi connectivity index (χ0n) is 17.0. The van der Waals surface area contributed by atoms with Crippen molar-refractivity contribution in [3.8, 4) is 0 Å². The summed E-state index contributed by atoms with van der Waals surface area (Å²) in [7, 11) is 1.74. The van der Waals surface area contributed by atoms with Gasteiger partial charge in [0.1, 0.15) is 5.82 Å². The molecule has 5 nitrogen and oxygen atoms in total. The number of amides is 1. The molecule has 0 atom stereocenters. The van der Waals surface area contributed by atoms with Crippen molar-refractivity contribution >= 4 is 16.8 Å². The molecule has 0 bridgehead atoms. The fraction of sp³-hybridized carbons (Fsp3) is 0.348. The topological polar surface area (TPSA) is 66.1 Å². The van der Waals surface area contributed by atoms with Crippen LogP contribution in [0.3, 0.4) is 0 Å². The fourth-order valence-electron chi connectivity index (χ4n) is 3.14. The molecule has 2 aromatic carbocycles. The standard InChI is InChI=1S/C23H27N3O2/c1-23(2,3)17-12-9-16(10-13-17)11-14-21(27)26(4)15-20-24-19-8-6-5-7-18(19)22(28)25-20/h5-10,12-13H,11,14-15H2,1-4H3,(H,24,25,28). The molecule has 0 saturated carbocycles. The van der Waals surface area contributed by atoms with Crippen molar-refractivity contribution in [2.75, 3.05) is 7.05 Å². The van der Waals surface area contributed by atoms with Crippen molar-refractivity contribution in [1.82, 2.24) is 14.9 Å². The molecule has 0 spiro atoms. The molecule has 0 aliphatic rings. The average molecular weight is 377 g/mol. The third-order valence-electron chi connectivity index (χ3n) is 4.92. The number of fused-ring (bicyclic) bond motifs is 1. The Bertz CT molecular complexity index is 1030. The lowest BCUT2D eigenvalue weighted by Crippen LogP contribution is -2.28. The van der Waals surface area contributed by atoms with Gasteiger partial charge in [-0.25, -0.2) is 4.98 Å². The highest BCUT2D eigenvalue weighted by molar-refractivity contribution is 5.78. The first kappa shape index (κ1) is 19.8. The Hall–Kier alpha value is -2.95. The SMILES string of the molecule is CN(Cc1nc2ccccc2c(=O)[nH]1)C(=O)CCc1ccc(C(C)(C)C)cc1. The second-order valence-corrected chi connectivity index (χ2v) is 8.23. The van der Waals surface area contributed by atoms with Gasteiger partial charge in [0.25, 0.3) is 5.56 Å². The Balaban J connectivity index is 1.61. The van der Waals surface area contributed by atoms with Gasteiger partial charge in [-0.15, -0.1) is 0 Å². The van der Waals surface area contributed by atoms with E-state index in [2.05, 4.69) is 55.0 Å². The summed E-state index contributed by atoms with van der Waals surface area (Å²) in [6, 6.07) is 15.6. The van der Waals surface area contributed by atoms with Gasteiger partial charge in [-0.1, -0.05) is 57.2 Å². The largest absolute Gasteiger partial charge is 0.338 e. The summed E-state index contributed by atoms with van der Waals surface area (Å²) in [5.41, 5.74) is 3.01. The van der Waals surface area contributed by atoms with Gasteiger partial charge in [0.05, 0.1) is 17.4 Å². The maximum atomic E-state index is 12.5. The predicted molar refractivity (Wildman–Crippen MR) is 112 cm³/mol. The Morgan fingerprint density at radius 2 is 1.75 bits per heavy atom. The monoisotopic (exact) mass is 377 g/mol. The van der Waals surface area contributed by atoms with E-state index in [1.165, 1.54) is 5.56 Å². The number of aromatic amines is 1. The van der Waals surface area contributed by atoms with Gasteiger partial charge in [-0.3, -0.25) is 9.59 Å². The molecule has 1 heterocycles. The number of hydrogen-bond acceptors (Lipinski definition) is 3. The number of para-hydroxylation sites is 1. The Morgan fingerprint density at radius 1 is 1.07 bits per heavy atom. The summed E-state index contributed by atoms with van der Waals surface area (Å²) in [6.07, 6.45) is 1.11. The number of hydrogen-bond donors (Lipinski definition) is 1. The van der Waals surface area contributed by atoms with Crippen LogP contribution in [0.2, 0.25) is 0 Å². The number of H-pyrrole nitrogens is 1. The van der Waals surface area contributed by atoms with Crippen molar-refractivity contribution in [3.05, 3.63) is 75.8 Å². The third kappa shape index (κ3) is 4.66. The number of benzene rings is 2. The highest BCUT2D eigenvalue weighted by Crippen LogP contribution is 2.22. The molecular weight excluding hydrogens is 350 g/mol. The first-order valence-corrected chi connectivity index (χ1v) is 9.55. The molecule has 0 radical (unpaired) electrons. The van der Waals surface area contributed by atoms with E-state index < -0.39 is 0 Å². The number of carbonyl (C=O) groups is 1. The van der Waals surface area contributed by atoms with E-state index in [4.69, 9.17) is 0 Å². The summed E-state index contributed by atoms with van der Waals surface area (Å²) < 4.78 is 0. The number of carbonyl (C=O) groups excluding carboxylic acids is 1. The highest BCUT2D eigenvalue weighted by Gasteiger charge is 2.14. The maximum absolute atomic E-state index is 12.5. The van der Waals surface area contributed by atoms with Crippen molar-refractivity contribution in [2.24, 2.45) is 0 Å². The van der Waals surface area contributed by atoms with E-state index in [0.29, 0.717) is 29.6 Å². The predicted octanol–water partition coefficient (Wildman–Crippen LogP) is 3.81. The van der Waals surface area contributed by atoms with Crippen LogP contribution < -0.4 is 5.56 Å². The summed E-state index contributed by atoms with van der Waals surface area (Å²) in [6.45, 7) is 6.84. The molecular formula is C23H27N3O2. The first-order valence-electron chi connectivity index (χ1n) is 9.55. The van der Waals surface area contributed by atoms with Crippen LogP contribution >= 0.6 is 0 Å². The zero-order valence-corrected chi connectivity index (χ0v) is 17.0. The second kappa shape index (κ2) is 7.97. The number of nitrogens with one attached hydrogen (secondary N) is 1. The van der Waals surface area contributed by atoms with Gasteiger partial charge in [-0.05, 0) is 35.1 Å². The van der Waals surface area contributed by atoms with Crippen LogP contribution in [0.25, 0.3) is 10.9 Å². The van der Waals surface area contributed by atoms with Crippen LogP contribution in [0.15, 0.2) is 53.3 Å². The van der Waals surface area contributed by atoms with Crippen molar-refractivity contribution in [3.63, 3.8) is 0 Å². The first-order chi connectivity index (χ1) is 13.2. The van der Waals surface area contributed by atoms with E-state index in [0.717, 1.165) is 5.56 Å². The lowest BCUT2D eigenvalue weighted by Gasteiger charge is -2.19. The Labute approximate surface area is 165 Å². The van der Waals surface area contributed by atoms with E-state index in [1.54, 1.807) is 24.1 Å². The van der Waals surface area contributed by atoms with Crippen LogP contribution in [-0.2, 0) is 23.2 Å². The summed E-state index contributed by atoms with van der Waals surface area (Å²) >= 11 is 0. The smallest absolute Gasteiger partial charge is 0.258 e. The molecule has 0 fully saturated rings.